The van der Waals surface area contributed by atoms with Gasteiger partial charge < -0.3 is 10.2 Å². The zero-order valence-corrected chi connectivity index (χ0v) is 11.0. The SMILES string of the molecule is CC1C(C)C(C(=O)O)C(C(=O)O)C2CCCCC12. The fourth-order valence-electron chi connectivity index (χ4n) is 4.31. The number of rotatable bonds is 2. The van der Waals surface area contributed by atoms with E-state index in [1.165, 1.54) is 0 Å². The highest BCUT2D eigenvalue weighted by atomic mass is 16.4. The van der Waals surface area contributed by atoms with Crippen LogP contribution in [0.3, 0.4) is 0 Å². The van der Waals surface area contributed by atoms with Gasteiger partial charge in [-0.25, -0.2) is 0 Å². The Morgan fingerprint density at radius 2 is 1.33 bits per heavy atom. The molecule has 0 aliphatic heterocycles. The Morgan fingerprint density at radius 3 is 1.83 bits per heavy atom. The smallest absolute Gasteiger partial charge is 0.307 e. The van der Waals surface area contributed by atoms with Crippen LogP contribution in [0, 0.1) is 35.5 Å². The normalized spacial score (nSPS) is 44.1. The van der Waals surface area contributed by atoms with Crippen molar-refractivity contribution in [3.05, 3.63) is 0 Å². The third-order valence-corrected chi connectivity index (χ3v) is 5.36. The molecular weight excluding hydrogens is 232 g/mol. The van der Waals surface area contributed by atoms with E-state index in [-0.39, 0.29) is 11.8 Å². The monoisotopic (exact) mass is 254 g/mol. The molecule has 2 fully saturated rings. The lowest BCUT2D eigenvalue weighted by atomic mass is 9.54. The van der Waals surface area contributed by atoms with Crippen molar-refractivity contribution >= 4 is 11.9 Å². The molecule has 4 nitrogen and oxygen atoms in total. The van der Waals surface area contributed by atoms with Crippen molar-refractivity contribution in [2.24, 2.45) is 35.5 Å². The highest BCUT2D eigenvalue weighted by molar-refractivity contribution is 5.81. The minimum absolute atomic E-state index is 0.0528. The molecule has 0 saturated heterocycles. The van der Waals surface area contributed by atoms with Crippen molar-refractivity contribution in [1.29, 1.82) is 0 Å². The molecule has 6 unspecified atom stereocenters. The van der Waals surface area contributed by atoms with E-state index < -0.39 is 23.8 Å². The van der Waals surface area contributed by atoms with Gasteiger partial charge in [0.25, 0.3) is 0 Å². The van der Waals surface area contributed by atoms with Crippen molar-refractivity contribution < 1.29 is 19.8 Å². The molecule has 6 atom stereocenters. The summed E-state index contributed by atoms with van der Waals surface area (Å²) >= 11 is 0. The predicted molar refractivity (Wildman–Crippen MR) is 66.0 cm³/mol. The average molecular weight is 254 g/mol. The lowest BCUT2D eigenvalue weighted by Crippen LogP contribution is -2.51. The quantitative estimate of drug-likeness (QED) is 0.794. The molecule has 2 aliphatic rings. The molecule has 0 aromatic carbocycles. The summed E-state index contributed by atoms with van der Waals surface area (Å²) in [6.45, 7) is 4.01. The molecule has 2 saturated carbocycles. The largest absolute Gasteiger partial charge is 0.481 e. The summed E-state index contributed by atoms with van der Waals surface area (Å²) in [7, 11) is 0. The van der Waals surface area contributed by atoms with Gasteiger partial charge in [-0.15, -0.1) is 0 Å². The molecule has 4 heteroatoms. The first kappa shape index (κ1) is 13.4. The first-order valence-corrected chi connectivity index (χ1v) is 6.90. The number of carboxylic acid groups (broad SMARTS) is 2. The van der Waals surface area contributed by atoms with E-state index in [0.29, 0.717) is 11.8 Å². The first-order valence-electron chi connectivity index (χ1n) is 6.90. The fourth-order valence-corrected chi connectivity index (χ4v) is 4.31. The highest BCUT2D eigenvalue weighted by Crippen LogP contribution is 2.51. The predicted octanol–water partition coefficient (Wildman–Crippen LogP) is 2.48. The Bertz CT molecular complexity index is 352. The van der Waals surface area contributed by atoms with E-state index in [2.05, 4.69) is 6.92 Å². The molecule has 0 bridgehead atoms. The van der Waals surface area contributed by atoms with Crippen LogP contribution < -0.4 is 0 Å². The molecule has 0 radical (unpaired) electrons. The summed E-state index contributed by atoms with van der Waals surface area (Å²) in [5, 5.41) is 18.8. The van der Waals surface area contributed by atoms with Crippen LogP contribution in [-0.4, -0.2) is 22.2 Å². The number of fused-ring (bicyclic) bond motifs is 1. The number of carbonyl (C=O) groups is 2. The molecule has 0 aromatic heterocycles. The molecule has 2 aliphatic carbocycles. The van der Waals surface area contributed by atoms with Gasteiger partial charge in [0.1, 0.15) is 0 Å². The molecular formula is C14H22O4. The van der Waals surface area contributed by atoms with E-state index in [0.717, 1.165) is 25.7 Å². The Balaban J connectivity index is 2.36. The molecule has 0 heterocycles. The minimum Gasteiger partial charge on any atom is -0.481 e. The lowest BCUT2D eigenvalue weighted by molar-refractivity contribution is -0.168. The second-order valence-corrected chi connectivity index (χ2v) is 6.06. The van der Waals surface area contributed by atoms with Crippen LogP contribution in [-0.2, 0) is 9.59 Å². The van der Waals surface area contributed by atoms with Crippen LogP contribution in [0.2, 0.25) is 0 Å². The topological polar surface area (TPSA) is 74.6 Å². The Kier molecular flexibility index (Phi) is 3.64. The van der Waals surface area contributed by atoms with Crippen LogP contribution in [0.25, 0.3) is 0 Å². The van der Waals surface area contributed by atoms with E-state index in [4.69, 9.17) is 0 Å². The lowest BCUT2D eigenvalue weighted by Gasteiger charge is -2.49. The van der Waals surface area contributed by atoms with Crippen molar-refractivity contribution in [2.75, 3.05) is 0 Å². The second-order valence-electron chi connectivity index (χ2n) is 6.06. The van der Waals surface area contributed by atoms with Crippen molar-refractivity contribution in [3.63, 3.8) is 0 Å². The Labute approximate surface area is 107 Å². The fraction of sp³-hybridized carbons (Fsp3) is 0.857. The van der Waals surface area contributed by atoms with Crippen LogP contribution in [0.1, 0.15) is 39.5 Å². The minimum atomic E-state index is -0.939. The van der Waals surface area contributed by atoms with Gasteiger partial charge in [0.05, 0.1) is 11.8 Å². The van der Waals surface area contributed by atoms with Crippen LogP contribution in [0.4, 0.5) is 0 Å². The molecule has 2 N–H and O–H groups in total. The number of aliphatic carboxylic acids is 2. The molecule has 18 heavy (non-hydrogen) atoms. The second kappa shape index (κ2) is 4.90. The molecule has 0 amide bonds. The van der Waals surface area contributed by atoms with Gasteiger partial charge in [-0.2, -0.15) is 0 Å². The van der Waals surface area contributed by atoms with Gasteiger partial charge in [0.2, 0.25) is 0 Å². The summed E-state index contributed by atoms with van der Waals surface area (Å²) in [4.78, 5) is 22.9. The standard InChI is InChI=1S/C14H22O4/c1-7-8(2)11(13(15)16)12(14(17)18)10-6-4-3-5-9(7)10/h7-12H,3-6H2,1-2H3,(H,15,16)(H,17,18). The number of carboxylic acids is 2. The van der Waals surface area contributed by atoms with Gasteiger partial charge in [-0.05, 0) is 36.5 Å². The Hall–Kier alpha value is -1.06. The maximum Gasteiger partial charge on any atom is 0.307 e. The summed E-state index contributed by atoms with van der Waals surface area (Å²) in [5.41, 5.74) is 0. The third kappa shape index (κ3) is 2.02. The van der Waals surface area contributed by atoms with Gasteiger partial charge in [-0.1, -0.05) is 26.7 Å². The van der Waals surface area contributed by atoms with Gasteiger partial charge >= 0.3 is 11.9 Å². The van der Waals surface area contributed by atoms with Crippen LogP contribution >= 0.6 is 0 Å². The van der Waals surface area contributed by atoms with E-state index in [1.54, 1.807) is 0 Å². The van der Waals surface area contributed by atoms with Gasteiger partial charge in [0, 0.05) is 0 Å². The third-order valence-electron chi connectivity index (χ3n) is 5.36. The number of hydrogen-bond acceptors (Lipinski definition) is 2. The maximum atomic E-state index is 11.5. The maximum absolute atomic E-state index is 11.5. The van der Waals surface area contributed by atoms with Gasteiger partial charge in [0.15, 0.2) is 0 Å². The van der Waals surface area contributed by atoms with Crippen LogP contribution in [0.15, 0.2) is 0 Å². The molecule has 102 valence electrons. The van der Waals surface area contributed by atoms with E-state index in [9.17, 15) is 19.8 Å². The van der Waals surface area contributed by atoms with Gasteiger partial charge in [-0.3, -0.25) is 9.59 Å². The summed E-state index contributed by atoms with van der Waals surface area (Å²) in [5.74, 6) is -2.57. The average Bonchev–Trinajstić information content (AvgIpc) is 2.32. The van der Waals surface area contributed by atoms with Crippen molar-refractivity contribution in [1.82, 2.24) is 0 Å². The Morgan fingerprint density at radius 1 is 0.833 bits per heavy atom. The summed E-state index contributed by atoms with van der Waals surface area (Å²) < 4.78 is 0. The zero-order valence-electron chi connectivity index (χ0n) is 11.0. The highest BCUT2D eigenvalue weighted by Gasteiger charge is 2.53. The van der Waals surface area contributed by atoms with Crippen molar-refractivity contribution in [3.8, 4) is 0 Å². The summed E-state index contributed by atoms with van der Waals surface area (Å²) in [6.07, 6.45) is 4.13. The molecule has 0 spiro atoms. The van der Waals surface area contributed by atoms with Crippen molar-refractivity contribution in [2.45, 2.75) is 39.5 Å². The van der Waals surface area contributed by atoms with E-state index >= 15 is 0 Å². The molecule has 0 aromatic rings. The van der Waals surface area contributed by atoms with E-state index in [1.807, 2.05) is 6.92 Å². The van der Waals surface area contributed by atoms with Crippen LogP contribution in [0.5, 0.6) is 0 Å². The summed E-state index contributed by atoms with van der Waals surface area (Å²) in [6, 6.07) is 0. The zero-order chi connectivity index (χ0) is 13.4. The molecule has 2 rings (SSSR count). The first-order chi connectivity index (χ1) is 8.45. The number of hydrogen-bond donors (Lipinski definition) is 2.